The van der Waals surface area contributed by atoms with Gasteiger partial charge in [0.15, 0.2) is 0 Å². The number of hydrogen-bond acceptors (Lipinski definition) is 4. The molecule has 2 rings (SSSR count). The van der Waals surface area contributed by atoms with E-state index in [1.165, 1.54) is 11.8 Å². The molecule has 2 N–H and O–H groups in total. The maximum Gasteiger partial charge on any atom is 0.208 e. The number of anilines is 1. The van der Waals surface area contributed by atoms with Crippen LogP contribution in [0, 0.1) is 6.92 Å². The van der Waals surface area contributed by atoms with Gasteiger partial charge in [-0.15, -0.1) is 5.10 Å². The van der Waals surface area contributed by atoms with Gasteiger partial charge in [-0.2, -0.15) is 0 Å². The van der Waals surface area contributed by atoms with Crippen molar-refractivity contribution in [3.8, 4) is 5.69 Å². The molecular weight excluding hydrogens is 208 g/mol. The number of nitrogen functional groups attached to an aromatic ring is 1. The second kappa shape index (κ2) is 3.94. The van der Waals surface area contributed by atoms with Crippen molar-refractivity contribution in [1.29, 1.82) is 0 Å². The van der Waals surface area contributed by atoms with Gasteiger partial charge in [-0.1, -0.05) is 11.8 Å². The highest BCUT2D eigenvalue weighted by molar-refractivity contribution is 7.98. The lowest BCUT2D eigenvalue weighted by molar-refractivity contribution is 0.814. The fourth-order valence-electron chi connectivity index (χ4n) is 1.31. The van der Waals surface area contributed by atoms with E-state index in [-0.39, 0.29) is 0 Å². The Morgan fingerprint density at radius 1 is 1.27 bits per heavy atom. The lowest BCUT2D eigenvalue weighted by Crippen LogP contribution is -1.99. The molecule has 15 heavy (non-hydrogen) atoms. The Kier molecular flexibility index (Phi) is 2.64. The van der Waals surface area contributed by atoms with Crippen molar-refractivity contribution in [3.63, 3.8) is 0 Å². The Balaban J connectivity index is 2.44. The fraction of sp³-hybridized carbons (Fsp3) is 0.200. The molecule has 1 aromatic carbocycles. The number of rotatable bonds is 2. The Morgan fingerprint density at radius 3 is 2.47 bits per heavy atom. The van der Waals surface area contributed by atoms with E-state index in [4.69, 9.17) is 5.73 Å². The number of nitrogens with zero attached hydrogens (tertiary/aromatic N) is 3. The lowest BCUT2D eigenvalue weighted by atomic mass is 10.3. The molecule has 0 saturated carbocycles. The lowest BCUT2D eigenvalue weighted by Gasteiger charge is -2.02. The van der Waals surface area contributed by atoms with E-state index in [0.717, 1.165) is 22.4 Å². The molecule has 1 aromatic heterocycles. The van der Waals surface area contributed by atoms with Crippen LogP contribution in [0.2, 0.25) is 0 Å². The van der Waals surface area contributed by atoms with E-state index >= 15 is 0 Å². The number of hydrogen-bond donors (Lipinski definition) is 1. The molecule has 4 nitrogen and oxygen atoms in total. The highest BCUT2D eigenvalue weighted by Gasteiger charge is 2.06. The molecule has 0 radical (unpaired) electrons. The zero-order chi connectivity index (χ0) is 10.8. The van der Waals surface area contributed by atoms with Crippen molar-refractivity contribution >= 4 is 17.4 Å². The zero-order valence-electron chi connectivity index (χ0n) is 8.64. The average molecular weight is 220 g/mol. The van der Waals surface area contributed by atoms with Gasteiger partial charge in [0.1, 0.15) is 5.82 Å². The molecule has 0 spiro atoms. The maximum absolute atomic E-state index is 5.62. The third kappa shape index (κ3) is 1.97. The minimum absolute atomic E-state index is 0.751. The Bertz CT molecular complexity index is 461. The van der Waals surface area contributed by atoms with E-state index in [2.05, 4.69) is 10.1 Å². The number of aromatic nitrogens is 3. The molecular formula is C10H12N4S. The summed E-state index contributed by atoms with van der Waals surface area (Å²) in [5.41, 5.74) is 7.36. The van der Waals surface area contributed by atoms with Crippen LogP contribution in [0.3, 0.4) is 0 Å². The SMILES string of the molecule is CSc1nc(C)n(-c2ccc(N)cc2)n1. The minimum Gasteiger partial charge on any atom is -0.399 e. The summed E-state index contributed by atoms with van der Waals surface area (Å²) in [5, 5.41) is 5.14. The van der Waals surface area contributed by atoms with Gasteiger partial charge < -0.3 is 5.73 Å². The van der Waals surface area contributed by atoms with Gasteiger partial charge >= 0.3 is 0 Å². The zero-order valence-corrected chi connectivity index (χ0v) is 9.45. The third-order valence-corrected chi connectivity index (χ3v) is 2.61. The van der Waals surface area contributed by atoms with E-state index in [1.54, 1.807) is 0 Å². The number of benzene rings is 1. The fourth-order valence-corrected chi connectivity index (χ4v) is 1.70. The van der Waals surface area contributed by atoms with Crippen LogP contribution in [0.25, 0.3) is 5.69 Å². The normalized spacial score (nSPS) is 10.5. The average Bonchev–Trinajstić information content (AvgIpc) is 2.61. The second-order valence-electron chi connectivity index (χ2n) is 3.15. The summed E-state index contributed by atoms with van der Waals surface area (Å²) in [6.45, 7) is 1.93. The van der Waals surface area contributed by atoms with Gasteiger partial charge in [-0.05, 0) is 37.4 Å². The van der Waals surface area contributed by atoms with Crippen molar-refractivity contribution in [2.24, 2.45) is 0 Å². The second-order valence-corrected chi connectivity index (χ2v) is 3.92. The molecule has 0 bridgehead atoms. The first-order chi connectivity index (χ1) is 7.20. The first-order valence-corrected chi connectivity index (χ1v) is 5.77. The van der Waals surface area contributed by atoms with Crippen LogP contribution in [0.4, 0.5) is 5.69 Å². The Morgan fingerprint density at radius 2 is 1.93 bits per heavy atom. The topological polar surface area (TPSA) is 56.7 Å². The van der Waals surface area contributed by atoms with E-state index in [0.29, 0.717) is 0 Å². The predicted octanol–water partition coefficient (Wildman–Crippen LogP) is 1.88. The first kappa shape index (κ1) is 10.0. The molecule has 0 aliphatic rings. The van der Waals surface area contributed by atoms with E-state index in [9.17, 15) is 0 Å². The van der Waals surface area contributed by atoms with Crippen LogP contribution in [-0.2, 0) is 0 Å². The molecule has 0 amide bonds. The maximum atomic E-state index is 5.62. The summed E-state index contributed by atoms with van der Waals surface area (Å²) in [6, 6.07) is 7.58. The Hall–Kier alpha value is -1.49. The standard InChI is InChI=1S/C10H12N4S/c1-7-12-10(15-2)13-14(7)9-5-3-8(11)4-6-9/h3-6H,11H2,1-2H3. The van der Waals surface area contributed by atoms with Crippen LogP contribution in [0.15, 0.2) is 29.4 Å². The molecule has 5 heteroatoms. The van der Waals surface area contributed by atoms with Crippen molar-refractivity contribution in [2.45, 2.75) is 12.1 Å². The molecule has 1 heterocycles. The summed E-state index contributed by atoms with van der Waals surface area (Å²) in [7, 11) is 0. The summed E-state index contributed by atoms with van der Waals surface area (Å²) < 4.78 is 1.81. The van der Waals surface area contributed by atoms with Crippen LogP contribution in [0.1, 0.15) is 5.82 Å². The van der Waals surface area contributed by atoms with E-state index in [1.807, 2.05) is 42.1 Å². The molecule has 0 unspecified atom stereocenters. The van der Waals surface area contributed by atoms with E-state index < -0.39 is 0 Å². The largest absolute Gasteiger partial charge is 0.399 e. The molecule has 0 saturated heterocycles. The summed E-state index contributed by atoms with van der Waals surface area (Å²) in [5.74, 6) is 0.879. The van der Waals surface area contributed by atoms with Crippen molar-refractivity contribution in [1.82, 2.24) is 14.8 Å². The summed E-state index contributed by atoms with van der Waals surface area (Å²) >= 11 is 1.53. The highest BCUT2D eigenvalue weighted by Crippen LogP contribution is 2.15. The smallest absolute Gasteiger partial charge is 0.208 e. The summed E-state index contributed by atoms with van der Waals surface area (Å²) in [6.07, 6.45) is 1.96. The van der Waals surface area contributed by atoms with Crippen molar-refractivity contribution in [3.05, 3.63) is 30.1 Å². The van der Waals surface area contributed by atoms with Gasteiger partial charge in [0.05, 0.1) is 5.69 Å². The van der Waals surface area contributed by atoms with Gasteiger partial charge in [0.2, 0.25) is 5.16 Å². The molecule has 0 aliphatic carbocycles. The molecule has 2 aromatic rings. The van der Waals surface area contributed by atoms with Gasteiger partial charge in [0, 0.05) is 5.69 Å². The highest BCUT2D eigenvalue weighted by atomic mass is 32.2. The molecule has 78 valence electrons. The van der Waals surface area contributed by atoms with Gasteiger partial charge in [-0.3, -0.25) is 0 Å². The molecule has 0 atom stereocenters. The van der Waals surface area contributed by atoms with Gasteiger partial charge in [-0.25, -0.2) is 9.67 Å². The van der Waals surface area contributed by atoms with Crippen LogP contribution in [0.5, 0.6) is 0 Å². The number of nitrogens with two attached hydrogens (primary N) is 1. The number of aryl methyl sites for hydroxylation is 1. The predicted molar refractivity (Wildman–Crippen MR) is 62.3 cm³/mol. The Labute approximate surface area is 92.5 Å². The van der Waals surface area contributed by atoms with Crippen LogP contribution >= 0.6 is 11.8 Å². The van der Waals surface area contributed by atoms with Crippen LogP contribution in [-0.4, -0.2) is 21.0 Å². The van der Waals surface area contributed by atoms with Crippen molar-refractivity contribution in [2.75, 3.05) is 12.0 Å². The molecule has 0 fully saturated rings. The van der Waals surface area contributed by atoms with Crippen LogP contribution < -0.4 is 5.73 Å². The number of thioether (sulfide) groups is 1. The van der Waals surface area contributed by atoms with Gasteiger partial charge in [0.25, 0.3) is 0 Å². The minimum atomic E-state index is 0.751. The third-order valence-electron chi connectivity index (χ3n) is 2.07. The monoisotopic (exact) mass is 220 g/mol. The van der Waals surface area contributed by atoms with Crippen molar-refractivity contribution < 1.29 is 0 Å². The summed E-state index contributed by atoms with van der Waals surface area (Å²) in [4.78, 5) is 4.31. The molecule has 0 aliphatic heterocycles. The first-order valence-electron chi connectivity index (χ1n) is 4.54. The quantitative estimate of drug-likeness (QED) is 0.620.